The summed E-state index contributed by atoms with van der Waals surface area (Å²) in [6, 6.07) is 5.03. The van der Waals surface area contributed by atoms with Gasteiger partial charge < -0.3 is 19.7 Å². The zero-order chi connectivity index (χ0) is 13.0. The number of halogens is 1. The van der Waals surface area contributed by atoms with Crippen LogP contribution in [0.4, 0.5) is 0 Å². The summed E-state index contributed by atoms with van der Waals surface area (Å²) in [5, 5.41) is 17.3. The van der Waals surface area contributed by atoms with Crippen molar-refractivity contribution in [3.05, 3.63) is 40.7 Å². The summed E-state index contributed by atoms with van der Waals surface area (Å²) in [7, 11) is 1.48. The van der Waals surface area contributed by atoms with Crippen molar-refractivity contribution in [2.24, 2.45) is 0 Å². The molecular formula is C12H13ClN2O3. The summed E-state index contributed by atoms with van der Waals surface area (Å²) < 4.78 is 9.75. The Balaban J connectivity index is 2.02. The molecule has 0 fully saturated rings. The van der Waals surface area contributed by atoms with Crippen LogP contribution in [0.25, 0.3) is 0 Å². The van der Waals surface area contributed by atoms with E-state index in [1.54, 1.807) is 18.2 Å². The molecule has 0 atom stereocenters. The molecular weight excluding hydrogens is 256 g/mol. The quantitative estimate of drug-likeness (QED) is 0.871. The number of methoxy groups -OCH3 is 1. The predicted octanol–water partition coefficient (Wildman–Crippen LogP) is 2.33. The molecule has 0 aliphatic rings. The van der Waals surface area contributed by atoms with E-state index in [4.69, 9.17) is 20.9 Å². The first-order chi connectivity index (χ1) is 8.70. The molecule has 0 saturated carbocycles. The van der Waals surface area contributed by atoms with Crippen LogP contribution in [0.2, 0.25) is 5.02 Å². The Labute approximate surface area is 109 Å². The fraction of sp³-hybridized carbons (Fsp3) is 0.250. The molecule has 0 aliphatic carbocycles. The van der Waals surface area contributed by atoms with Crippen molar-refractivity contribution in [1.82, 2.24) is 10.5 Å². The second-order valence-corrected chi connectivity index (χ2v) is 4.15. The molecule has 2 N–H and O–H groups in total. The van der Waals surface area contributed by atoms with Gasteiger partial charge in [-0.2, -0.15) is 0 Å². The number of hydrogen-bond acceptors (Lipinski definition) is 5. The van der Waals surface area contributed by atoms with Gasteiger partial charge in [-0.25, -0.2) is 0 Å². The van der Waals surface area contributed by atoms with Crippen LogP contribution in [0.15, 0.2) is 29.0 Å². The Kier molecular flexibility index (Phi) is 4.07. The Morgan fingerprint density at radius 2 is 2.28 bits per heavy atom. The van der Waals surface area contributed by atoms with Crippen LogP contribution >= 0.6 is 11.6 Å². The van der Waals surface area contributed by atoms with Gasteiger partial charge in [-0.3, -0.25) is 0 Å². The van der Waals surface area contributed by atoms with Gasteiger partial charge in [0.15, 0.2) is 11.5 Å². The molecule has 0 spiro atoms. The third-order valence-corrected chi connectivity index (χ3v) is 2.67. The van der Waals surface area contributed by atoms with Crippen LogP contribution in [-0.4, -0.2) is 17.4 Å². The minimum Gasteiger partial charge on any atom is -0.504 e. The molecule has 0 radical (unpaired) electrons. The second kappa shape index (κ2) is 5.75. The van der Waals surface area contributed by atoms with Gasteiger partial charge in [0.1, 0.15) is 6.26 Å². The zero-order valence-electron chi connectivity index (χ0n) is 9.81. The maximum atomic E-state index is 9.91. The summed E-state index contributed by atoms with van der Waals surface area (Å²) in [6.07, 6.45) is 1.51. The second-order valence-electron chi connectivity index (χ2n) is 3.71. The van der Waals surface area contributed by atoms with Gasteiger partial charge in [-0.05, 0) is 6.07 Å². The number of ether oxygens (including phenoxy) is 1. The highest BCUT2D eigenvalue weighted by Crippen LogP contribution is 2.33. The Hall–Kier alpha value is -1.72. The van der Waals surface area contributed by atoms with Crippen LogP contribution in [0.5, 0.6) is 11.5 Å². The SMILES string of the molecule is COc1cc(Cl)cc(CNCc2ccon2)c1O. The molecule has 0 saturated heterocycles. The number of aromatic hydroxyl groups is 1. The highest BCUT2D eigenvalue weighted by Gasteiger charge is 2.09. The average molecular weight is 269 g/mol. The first-order valence-corrected chi connectivity index (χ1v) is 5.74. The molecule has 1 aromatic carbocycles. The molecule has 1 heterocycles. The van der Waals surface area contributed by atoms with E-state index in [1.807, 2.05) is 0 Å². The van der Waals surface area contributed by atoms with Crippen molar-refractivity contribution in [2.45, 2.75) is 13.1 Å². The fourth-order valence-corrected chi connectivity index (χ4v) is 1.80. The van der Waals surface area contributed by atoms with E-state index in [0.29, 0.717) is 29.4 Å². The summed E-state index contributed by atoms with van der Waals surface area (Å²) in [4.78, 5) is 0. The number of aromatic nitrogens is 1. The van der Waals surface area contributed by atoms with Crippen molar-refractivity contribution >= 4 is 11.6 Å². The van der Waals surface area contributed by atoms with E-state index in [0.717, 1.165) is 5.69 Å². The Bertz CT molecular complexity index is 514. The summed E-state index contributed by atoms with van der Waals surface area (Å²) >= 11 is 5.93. The number of rotatable bonds is 5. The molecule has 0 amide bonds. The average Bonchev–Trinajstić information content (AvgIpc) is 2.86. The van der Waals surface area contributed by atoms with E-state index in [1.165, 1.54) is 13.4 Å². The lowest BCUT2D eigenvalue weighted by molar-refractivity contribution is 0.369. The van der Waals surface area contributed by atoms with Crippen LogP contribution in [0.3, 0.4) is 0 Å². The van der Waals surface area contributed by atoms with E-state index in [2.05, 4.69) is 10.5 Å². The van der Waals surface area contributed by atoms with E-state index >= 15 is 0 Å². The van der Waals surface area contributed by atoms with Gasteiger partial charge in [0.2, 0.25) is 0 Å². The maximum absolute atomic E-state index is 9.91. The van der Waals surface area contributed by atoms with E-state index < -0.39 is 0 Å². The third kappa shape index (κ3) is 2.94. The smallest absolute Gasteiger partial charge is 0.162 e. The number of phenols is 1. The lowest BCUT2D eigenvalue weighted by Gasteiger charge is -2.10. The summed E-state index contributed by atoms with van der Waals surface area (Å²) in [6.45, 7) is 1.00. The van der Waals surface area contributed by atoms with Gasteiger partial charge in [-0.1, -0.05) is 16.8 Å². The molecule has 6 heteroatoms. The van der Waals surface area contributed by atoms with E-state index in [9.17, 15) is 5.11 Å². The number of phenolic OH excluding ortho intramolecular Hbond substituents is 1. The standard InChI is InChI=1S/C12H13ClN2O3/c1-17-11-5-9(13)4-8(12(11)16)6-14-7-10-2-3-18-15-10/h2-5,14,16H,6-7H2,1H3. The van der Waals surface area contributed by atoms with E-state index in [-0.39, 0.29) is 5.75 Å². The Morgan fingerprint density at radius 1 is 1.44 bits per heavy atom. The van der Waals surface area contributed by atoms with Crippen LogP contribution in [-0.2, 0) is 13.1 Å². The molecule has 0 unspecified atom stereocenters. The minimum atomic E-state index is 0.0922. The Morgan fingerprint density at radius 3 is 2.94 bits per heavy atom. The van der Waals surface area contributed by atoms with Gasteiger partial charge in [0, 0.05) is 35.8 Å². The third-order valence-electron chi connectivity index (χ3n) is 2.45. The molecule has 18 heavy (non-hydrogen) atoms. The predicted molar refractivity (Wildman–Crippen MR) is 66.7 cm³/mol. The van der Waals surface area contributed by atoms with Gasteiger partial charge in [-0.15, -0.1) is 0 Å². The van der Waals surface area contributed by atoms with Crippen LogP contribution < -0.4 is 10.1 Å². The highest BCUT2D eigenvalue weighted by molar-refractivity contribution is 6.30. The molecule has 0 bridgehead atoms. The van der Waals surface area contributed by atoms with Gasteiger partial charge in [0.25, 0.3) is 0 Å². The molecule has 1 aromatic heterocycles. The first kappa shape index (κ1) is 12.7. The normalized spacial score (nSPS) is 10.6. The largest absolute Gasteiger partial charge is 0.504 e. The highest BCUT2D eigenvalue weighted by atomic mass is 35.5. The van der Waals surface area contributed by atoms with Crippen LogP contribution in [0.1, 0.15) is 11.3 Å². The number of nitrogens with zero attached hydrogens (tertiary/aromatic N) is 1. The zero-order valence-corrected chi connectivity index (χ0v) is 10.6. The van der Waals surface area contributed by atoms with Crippen LogP contribution in [0, 0.1) is 0 Å². The maximum Gasteiger partial charge on any atom is 0.162 e. The van der Waals surface area contributed by atoms with Crippen molar-refractivity contribution in [3.63, 3.8) is 0 Å². The fourth-order valence-electron chi connectivity index (χ4n) is 1.57. The topological polar surface area (TPSA) is 67.5 Å². The minimum absolute atomic E-state index is 0.0922. The van der Waals surface area contributed by atoms with Crippen molar-refractivity contribution in [1.29, 1.82) is 0 Å². The number of benzene rings is 1. The van der Waals surface area contributed by atoms with Crippen molar-refractivity contribution < 1.29 is 14.4 Å². The lowest BCUT2D eigenvalue weighted by atomic mass is 10.2. The number of nitrogens with one attached hydrogen (secondary N) is 1. The van der Waals surface area contributed by atoms with Gasteiger partial charge in [0.05, 0.1) is 12.8 Å². The first-order valence-electron chi connectivity index (χ1n) is 5.36. The molecule has 96 valence electrons. The number of hydrogen-bond donors (Lipinski definition) is 2. The van der Waals surface area contributed by atoms with Gasteiger partial charge >= 0.3 is 0 Å². The molecule has 2 aromatic rings. The molecule has 0 aliphatic heterocycles. The van der Waals surface area contributed by atoms with Crippen molar-refractivity contribution in [3.8, 4) is 11.5 Å². The monoisotopic (exact) mass is 268 g/mol. The van der Waals surface area contributed by atoms with Crippen molar-refractivity contribution in [2.75, 3.05) is 7.11 Å². The summed E-state index contributed by atoms with van der Waals surface area (Å²) in [5.41, 5.74) is 1.46. The summed E-state index contributed by atoms with van der Waals surface area (Å²) in [5.74, 6) is 0.454. The molecule has 5 nitrogen and oxygen atoms in total. The lowest BCUT2D eigenvalue weighted by Crippen LogP contribution is -2.13. The molecule has 2 rings (SSSR count).